The van der Waals surface area contributed by atoms with E-state index in [1.54, 1.807) is 6.20 Å². The molecule has 9 nitrogen and oxygen atoms in total. The molecule has 0 spiro atoms. The van der Waals surface area contributed by atoms with Crippen molar-refractivity contribution in [1.82, 2.24) is 15.2 Å². The van der Waals surface area contributed by atoms with Crippen LogP contribution < -0.4 is 10.1 Å². The van der Waals surface area contributed by atoms with Gasteiger partial charge in [-0.1, -0.05) is 39.0 Å². The van der Waals surface area contributed by atoms with E-state index < -0.39 is 47.6 Å². The van der Waals surface area contributed by atoms with Crippen molar-refractivity contribution in [2.75, 3.05) is 6.61 Å². The lowest BCUT2D eigenvalue weighted by molar-refractivity contribution is -0.151. The number of carbonyl (C=O) groups is 3. The van der Waals surface area contributed by atoms with E-state index in [9.17, 15) is 19.5 Å². The number of benzene rings is 1. The van der Waals surface area contributed by atoms with Crippen molar-refractivity contribution in [3.05, 3.63) is 48.7 Å². The van der Waals surface area contributed by atoms with Crippen molar-refractivity contribution in [2.45, 2.75) is 77.1 Å². The third-order valence-corrected chi connectivity index (χ3v) is 7.05. The molecule has 1 aromatic heterocycles. The minimum atomic E-state index is -1.16. The van der Waals surface area contributed by atoms with Gasteiger partial charge in [0.25, 0.3) is 0 Å². The molecule has 1 fully saturated rings. The highest BCUT2D eigenvalue weighted by Gasteiger charge is 2.50. The number of amides is 2. The molecular formula is C28H35N3O6. The fraction of sp³-hybridized carbons (Fsp3) is 0.500. The van der Waals surface area contributed by atoms with E-state index in [0.717, 1.165) is 35.6 Å². The fourth-order valence-electron chi connectivity index (χ4n) is 5.08. The highest BCUT2D eigenvalue weighted by molar-refractivity contribution is 5.91. The number of nitrogens with zero attached hydrogens (tertiary/aromatic N) is 2. The number of hydrogen-bond acceptors (Lipinski definition) is 6. The Morgan fingerprint density at radius 1 is 1.22 bits per heavy atom. The van der Waals surface area contributed by atoms with Gasteiger partial charge in [-0.15, -0.1) is 6.58 Å². The van der Waals surface area contributed by atoms with Crippen molar-refractivity contribution in [3.63, 3.8) is 0 Å². The number of rotatable bonds is 2. The first-order valence-corrected chi connectivity index (χ1v) is 12.8. The molecule has 2 aliphatic rings. The number of fused-ring (bicyclic) bond motifs is 3. The lowest BCUT2D eigenvalue weighted by Crippen LogP contribution is -2.58. The van der Waals surface area contributed by atoms with Crippen LogP contribution in [-0.4, -0.2) is 63.8 Å². The third kappa shape index (κ3) is 5.70. The van der Waals surface area contributed by atoms with Crippen LogP contribution in [0.15, 0.2) is 43.1 Å². The molecule has 3 heterocycles. The molecule has 1 aromatic carbocycles. The summed E-state index contributed by atoms with van der Waals surface area (Å²) in [6.07, 6.45) is 5.19. The van der Waals surface area contributed by atoms with Crippen LogP contribution in [0.1, 0.15) is 52.0 Å². The molecule has 1 unspecified atom stereocenters. The Morgan fingerprint density at radius 3 is 2.70 bits per heavy atom. The monoisotopic (exact) mass is 509 g/mol. The summed E-state index contributed by atoms with van der Waals surface area (Å²) in [6.45, 7) is 9.54. The fourth-order valence-corrected chi connectivity index (χ4v) is 5.08. The summed E-state index contributed by atoms with van der Waals surface area (Å²) < 4.78 is 11.7. The van der Waals surface area contributed by atoms with Gasteiger partial charge in [0.2, 0.25) is 11.8 Å². The van der Waals surface area contributed by atoms with Gasteiger partial charge < -0.3 is 24.8 Å². The summed E-state index contributed by atoms with van der Waals surface area (Å²) in [4.78, 5) is 44.5. The average Bonchev–Trinajstić information content (AvgIpc) is 3.22. The van der Waals surface area contributed by atoms with E-state index in [1.165, 1.54) is 11.0 Å². The normalized spacial score (nSPS) is 25.5. The number of carbonyl (C=O) groups excluding carboxylic acids is 2. The van der Waals surface area contributed by atoms with Crippen LogP contribution >= 0.6 is 0 Å². The van der Waals surface area contributed by atoms with Crippen LogP contribution in [0.4, 0.5) is 4.79 Å². The van der Waals surface area contributed by atoms with Crippen molar-refractivity contribution < 1.29 is 29.0 Å². The van der Waals surface area contributed by atoms with Crippen LogP contribution in [0.2, 0.25) is 0 Å². The van der Waals surface area contributed by atoms with Gasteiger partial charge in [0.15, 0.2) is 0 Å². The highest BCUT2D eigenvalue weighted by atomic mass is 16.5. The summed E-state index contributed by atoms with van der Waals surface area (Å²) in [6, 6.07) is 5.14. The Hall–Kier alpha value is -3.62. The van der Waals surface area contributed by atoms with Crippen LogP contribution in [0.25, 0.3) is 10.8 Å². The number of alkyl carbamates (subject to hydrolysis) is 1. The Labute approximate surface area is 216 Å². The first-order chi connectivity index (χ1) is 17.6. The second-order valence-electron chi connectivity index (χ2n) is 10.8. The van der Waals surface area contributed by atoms with Gasteiger partial charge in [0.1, 0.15) is 18.2 Å². The van der Waals surface area contributed by atoms with Crippen molar-refractivity contribution in [2.24, 2.45) is 5.41 Å². The Kier molecular flexibility index (Phi) is 7.71. The van der Waals surface area contributed by atoms with E-state index in [2.05, 4.69) is 29.0 Å². The zero-order valence-electron chi connectivity index (χ0n) is 21.6. The van der Waals surface area contributed by atoms with Gasteiger partial charge in [-0.2, -0.15) is 0 Å². The maximum Gasteiger partial charge on any atom is 0.407 e. The van der Waals surface area contributed by atoms with Crippen molar-refractivity contribution >= 4 is 28.7 Å². The maximum atomic E-state index is 13.9. The molecule has 4 bridgehead atoms. The first-order valence-electron chi connectivity index (χ1n) is 12.8. The minimum Gasteiger partial charge on any atom is -0.480 e. The van der Waals surface area contributed by atoms with E-state index >= 15 is 0 Å². The molecule has 2 aliphatic heterocycles. The zero-order valence-corrected chi connectivity index (χ0v) is 21.6. The largest absolute Gasteiger partial charge is 0.480 e. The van der Waals surface area contributed by atoms with Gasteiger partial charge in [0.05, 0.1) is 12.6 Å². The molecule has 1 saturated heterocycles. The smallest absolute Gasteiger partial charge is 0.407 e. The molecular weight excluding hydrogens is 474 g/mol. The number of carboxylic acid groups (broad SMARTS) is 1. The number of hydrogen-bond donors (Lipinski definition) is 2. The van der Waals surface area contributed by atoms with Crippen molar-refractivity contribution in [1.29, 1.82) is 0 Å². The SMILES string of the molecule is C=CC1[C@H]2C[C@@H](C(=O)O)N1C(=O)[C@H](C(C)(C)C)NC(=O)OCCCCCc1ccc3ccnc(c3c1)O2. The summed E-state index contributed by atoms with van der Waals surface area (Å²) in [5.41, 5.74) is 0.420. The maximum absolute atomic E-state index is 13.9. The molecule has 198 valence electrons. The topological polar surface area (TPSA) is 118 Å². The molecule has 37 heavy (non-hydrogen) atoms. The number of carboxylic acids is 1. The van der Waals surface area contributed by atoms with Gasteiger partial charge in [0, 0.05) is 18.0 Å². The van der Waals surface area contributed by atoms with Crippen LogP contribution in [0, 0.1) is 5.41 Å². The summed E-state index contributed by atoms with van der Waals surface area (Å²) in [5.74, 6) is -1.28. The average molecular weight is 510 g/mol. The molecule has 4 rings (SSSR count). The molecule has 4 atom stereocenters. The quantitative estimate of drug-likeness (QED) is 0.586. The number of aryl methyl sites for hydroxylation is 1. The number of nitrogens with one attached hydrogen (secondary N) is 1. The Bertz CT molecular complexity index is 1190. The Balaban J connectivity index is 1.77. The lowest BCUT2D eigenvalue weighted by Gasteiger charge is -2.36. The molecule has 2 aromatic rings. The standard InChI is InChI=1S/C28H35N3O6/c1-5-20-22-16-21(26(33)34)31(20)25(32)23(28(2,3)4)30-27(35)36-14-8-6-7-9-17-10-11-18-12-13-29-24(37-22)19(18)15-17/h5,10-13,15,20-23H,1,6-9,14,16H2,2-4H3,(H,30,35)(H,33,34)/t20?,21-,22+,23+/m0/s1. The van der Waals surface area contributed by atoms with E-state index in [0.29, 0.717) is 12.3 Å². The number of pyridine rings is 1. The summed E-state index contributed by atoms with van der Waals surface area (Å²) >= 11 is 0. The van der Waals surface area contributed by atoms with E-state index in [1.807, 2.05) is 32.9 Å². The molecule has 0 saturated carbocycles. The summed E-state index contributed by atoms with van der Waals surface area (Å²) in [7, 11) is 0. The van der Waals surface area contributed by atoms with Crippen LogP contribution in [-0.2, 0) is 20.7 Å². The predicted molar refractivity (Wildman–Crippen MR) is 138 cm³/mol. The van der Waals surface area contributed by atoms with Gasteiger partial charge in [-0.05, 0) is 54.2 Å². The zero-order chi connectivity index (χ0) is 26.7. The number of aromatic nitrogens is 1. The molecule has 0 aliphatic carbocycles. The minimum absolute atomic E-state index is 0.0524. The molecule has 2 N–H and O–H groups in total. The second-order valence-corrected chi connectivity index (χ2v) is 10.8. The number of ether oxygens (including phenoxy) is 2. The molecule has 0 radical (unpaired) electrons. The second kappa shape index (κ2) is 10.8. The van der Waals surface area contributed by atoms with Gasteiger partial charge in [-0.3, -0.25) is 4.79 Å². The number of cyclic esters (lactones) is 1. The first kappa shape index (κ1) is 26.4. The third-order valence-electron chi connectivity index (χ3n) is 7.05. The van der Waals surface area contributed by atoms with E-state index in [4.69, 9.17) is 9.47 Å². The predicted octanol–water partition coefficient (Wildman–Crippen LogP) is 4.09. The highest BCUT2D eigenvalue weighted by Crippen LogP contribution is 2.34. The van der Waals surface area contributed by atoms with Gasteiger partial charge >= 0.3 is 12.1 Å². The van der Waals surface area contributed by atoms with Crippen LogP contribution in [0.5, 0.6) is 5.88 Å². The van der Waals surface area contributed by atoms with Crippen molar-refractivity contribution in [3.8, 4) is 5.88 Å². The van der Waals surface area contributed by atoms with Gasteiger partial charge in [-0.25, -0.2) is 14.6 Å². The molecule has 9 heteroatoms. The van der Waals surface area contributed by atoms with Crippen LogP contribution in [0.3, 0.4) is 0 Å². The Morgan fingerprint density at radius 2 is 2.00 bits per heavy atom. The van der Waals surface area contributed by atoms with E-state index in [-0.39, 0.29) is 13.0 Å². The number of aliphatic carboxylic acids is 1. The summed E-state index contributed by atoms with van der Waals surface area (Å²) in [5, 5.41) is 14.5. The molecule has 2 amide bonds. The lowest BCUT2D eigenvalue weighted by atomic mass is 9.85.